The van der Waals surface area contributed by atoms with Crippen LogP contribution in [0.15, 0.2) is 23.1 Å². The van der Waals surface area contributed by atoms with Crippen molar-refractivity contribution in [2.24, 2.45) is 5.92 Å². The summed E-state index contributed by atoms with van der Waals surface area (Å²) >= 11 is 1.68. The van der Waals surface area contributed by atoms with Gasteiger partial charge in [-0.15, -0.1) is 11.8 Å². The molecule has 0 aliphatic carbocycles. The van der Waals surface area contributed by atoms with E-state index < -0.39 is 0 Å². The van der Waals surface area contributed by atoms with Crippen molar-refractivity contribution in [2.45, 2.75) is 30.6 Å². The zero-order valence-corrected chi connectivity index (χ0v) is 14.8. The molecule has 2 aliphatic heterocycles. The van der Waals surface area contributed by atoms with Gasteiger partial charge in [-0.25, -0.2) is 0 Å². The van der Waals surface area contributed by atoms with Crippen LogP contribution >= 0.6 is 11.8 Å². The fourth-order valence-electron chi connectivity index (χ4n) is 2.96. The molecule has 0 saturated carbocycles. The second kappa shape index (κ2) is 9.18. The molecule has 24 heavy (non-hydrogen) atoms. The number of rotatable bonds is 7. The molecule has 6 heteroatoms. The Morgan fingerprint density at radius 2 is 2.17 bits per heavy atom. The molecule has 1 unspecified atom stereocenters. The van der Waals surface area contributed by atoms with Crippen molar-refractivity contribution < 1.29 is 14.3 Å². The van der Waals surface area contributed by atoms with Gasteiger partial charge in [0.25, 0.3) is 0 Å². The number of thioether (sulfide) groups is 1. The highest BCUT2D eigenvalue weighted by Gasteiger charge is 2.14. The average Bonchev–Trinajstić information content (AvgIpc) is 2.99. The van der Waals surface area contributed by atoms with Crippen molar-refractivity contribution >= 4 is 17.7 Å². The van der Waals surface area contributed by atoms with Gasteiger partial charge in [-0.1, -0.05) is 0 Å². The summed E-state index contributed by atoms with van der Waals surface area (Å²) in [5, 5.41) is 6.38. The van der Waals surface area contributed by atoms with Gasteiger partial charge in [0.05, 0.1) is 13.2 Å². The molecule has 2 N–H and O–H groups in total. The molecule has 1 atom stereocenters. The van der Waals surface area contributed by atoms with E-state index in [4.69, 9.17) is 9.47 Å². The molecular weight excluding hydrogens is 324 g/mol. The van der Waals surface area contributed by atoms with Gasteiger partial charge in [0.15, 0.2) is 11.5 Å². The fourth-order valence-corrected chi connectivity index (χ4v) is 3.84. The molecule has 0 radical (unpaired) electrons. The molecule has 3 rings (SSSR count). The summed E-state index contributed by atoms with van der Waals surface area (Å²) < 4.78 is 11.3. The first-order valence-corrected chi connectivity index (χ1v) is 9.80. The van der Waals surface area contributed by atoms with Crippen molar-refractivity contribution in [2.75, 3.05) is 38.6 Å². The van der Waals surface area contributed by atoms with Gasteiger partial charge in [-0.05, 0) is 50.0 Å². The van der Waals surface area contributed by atoms with E-state index in [0.29, 0.717) is 19.6 Å². The van der Waals surface area contributed by atoms with Crippen LogP contribution in [0, 0.1) is 5.92 Å². The first-order chi connectivity index (χ1) is 11.8. The molecule has 5 nitrogen and oxygen atoms in total. The van der Waals surface area contributed by atoms with E-state index in [2.05, 4.69) is 10.6 Å². The van der Waals surface area contributed by atoms with Crippen molar-refractivity contribution in [1.29, 1.82) is 0 Å². The highest BCUT2D eigenvalue weighted by atomic mass is 32.2. The van der Waals surface area contributed by atoms with Crippen LogP contribution < -0.4 is 20.1 Å². The quantitative estimate of drug-likeness (QED) is 0.740. The van der Waals surface area contributed by atoms with Gasteiger partial charge >= 0.3 is 0 Å². The van der Waals surface area contributed by atoms with Crippen LogP contribution in [0.4, 0.5) is 0 Å². The van der Waals surface area contributed by atoms with Crippen LogP contribution in [0.5, 0.6) is 11.5 Å². The number of amides is 1. The lowest BCUT2D eigenvalue weighted by Crippen LogP contribution is -2.26. The van der Waals surface area contributed by atoms with E-state index in [-0.39, 0.29) is 5.91 Å². The summed E-state index contributed by atoms with van der Waals surface area (Å²) in [6.45, 7) is 4.40. The Hall–Kier alpha value is -1.40. The molecular formula is C18H26N2O3S. The SMILES string of the molecule is O=C(CCSc1ccc2c(c1)OCCCO2)NCCC1CCNC1. The molecule has 1 saturated heterocycles. The lowest BCUT2D eigenvalue weighted by molar-refractivity contribution is -0.120. The lowest BCUT2D eigenvalue weighted by Gasteiger charge is -2.10. The normalized spacial score (nSPS) is 19.8. The van der Waals surface area contributed by atoms with E-state index in [1.807, 2.05) is 18.2 Å². The Morgan fingerprint density at radius 1 is 1.29 bits per heavy atom. The number of fused-ring (bicyclic) bond motifs is 1. The maximum Gasteiger partial charge on any atom is 0.220 e. The van der Waals surface area contributed by atoms with Crippen LogP contribution in [0.2, 0.25) is 0 Å². The second-order valence-corrected chi connectivity index (χ2v) is 7.42. The van der Waals surface area contributed by atoms with Gasteiger partial charge in [0.1, 0.15) is 0 Å². The number of hydrogen-bond acceptors (Lipinski definition) is 5. The van der Waals surface area contributed by atoms with Crippen molar-refractivity contribution in [3.63, 3.8) is 0 Å². The largest absolute Gasteiger partial charge is 0.490 e. The number of carbonyl (C=O) groups excluding carboxylic acids is 1. The Bertz CT molecular complexity index is 547. The standard InChI is InChI=1S/C18H26N2O3S/c21-18(20-8-5-14-4-7-19-13-14)6-11-24-15-2-3-16-17(12-15)23-10-1-9-22-16/h2-3,12,14,19H,1,4-11,13H2,(H,20,21). The molecule has 2 heterocycles. The number of hydrogen-bond donors (Lipinski definition) is 2. The van der Waals surface area contributed by atoms with Crippen molar-refractivity contribution in [3.8, 4) is 11.5 Å². The predicted molar refractivity (Wildman–Crippen MR) is 96.0 cm³/mol. The number of ether oxygens (including phenoxy) is 2. The first-order valence-electron chi connectivity index (χ1n) is 8.81. The maximum atomic E-state index is 11.9. The molecule has 1 amide bonds. The van der Waals surface area contributed by atoms with Gasteiger partial charge in [0.2, 0.25) is 5.91 Å². The summed E-state index contributed by atoms with van der Waals surface area (Å²) in [4.78, 5) is 13.0. The maximum absolute atomic E-state index is 11.9. The van der Waals surface area contributed by atoms with Crippen LogP contribution in [-0.4, -0.2) is 44.5 Å². The first kappa shape index (κ1) is 17.4. The zero-order valence-electron chi connectivity index (χ0n) is 14.0. The van der Waals surface area contributed by atoms with Gasteiger partial charge in [0, 0.05) is 30.0 Å². The zero-order chi connectivity index (χ0) is 16.6. The van der Waals surface area contributed by atoms with E-state index in [9.17, 15) is 4.79 Å². The Kier molecular flexibility index (Phi) is 6.66. The second-order valence-electron chi connectivity index (χ2n) is 6.25. The van der Waals surface area contributed by atoms with Crippen LogP contribution in [0.25, 0.3) is 0 Å². The van der Waals surface area contributed by atoms with E-state index in [1.54, 1.807) is 11.8 Å². The third kappa shape index (κ3) is 5.31. The number of carbonyl (C=O) groups is 1. The van der Waals surface area contributed by atoms with Crippen molar-refractivity contribution in [1.82, 2.24) is 10.6 Å². The molecule has 0 bridgehead atoms. The summed E-state index contributed by atoms with van der Waals surface area (Å²) in [5.41, 5.74) is 0. The minimum atomic E-state index is 0.141. The van der Waals surface area contributed by atoms with Gasteiger partial charge in [-0.2, -0.15) is 0 Å². The summed E-state index contributed by atoms with van der Waals surface area (Å²) in [7, 11) is 0. The van der Waals surface area contributed by atoms with Crippen molar-refractivity contribution in [3.05, 3.63) is 18.2 Å². The van der Waals surface area contributed by atoms with Crippen LogP contribution in [-0.2, 0) is 4.79 Å². The Labute approximate surface area is 147 Å². The number of benzene rings is 1. The van der Waals surface area contributed by atoms with E-state index >= 15 is 0 Å². The molecule has 2 aliphatic rings. The lowest BCUT2D eigenvalue weighted by atomic mass is 10.1. The summed E-state index contributed by atoms with van der Waals surface area (Å²) in [6, 6.07) is 6.00. The average molecular weight is 350 g/mol. The highest BCUT2D eigenvalue weighted by Crippen LogP contribution is 2.33. The molecule has 132 valence electrons. The topological polar surface area (TPSA) is 59.6 Å². The van der Waals surface area contributed by atoms with E-state index in [0.717, 1.165) is 60.5 Å². The highest BCUT2D eigenvalue weighted by molar-refractivity contribution is 7.99. The molecule has 1 aromatic carbocycles. The Morgan fingerprint density at radius 3 is 3.00 bits per heavy atom. The minimum Gasteiger partial charge on any atom is -0.490 e. The predicted octanol–water partition coefficient (Wildman–Crippen LogP) is 2.45. The molecule has 1 fully saturated rings. The number of nitrogens with one attached hydrogen (secondary N) is 2. The van der Waals surface area contributed by atoms with Crippen LogP contribution in [0.1, 0.15) is 25.7 Å². The van der Waals surface area contributed by atoms with Crippen LogP contribution in [0.3, 0.4) is 0 Å². The molecule has 0 aromatic heterocycles. The third-order valence-corrected chi connectivity index (χ3v) is 5.35. The minimum absolute atomic E-state index is 0.141. The summed E-state index contributed by atoms with van der Waals surface area (Å²) in [6.07, 6.45) is 3.76. The summed E-state index contributed by atoms with van der Waals surface area (Å²) in [5.74, 6) is 3.27. The van der Waals surface area contributed by atoms with E-state index in [1.165, 1.54) is 6.42 Å². The molecule has 0 spiro atoms. The molecule has 1 aromatic rings. The Balaban J connectivity index is 1.35. The fraction of sp³-hybridized carbons (Fsp3) is 0.611. The monoisotopic (exact) mass is 350 g/mol. The van der Waals surface area contributed by atoms with Gasteiger partial charge in [-0.3, -0.25) is 4.79 Å². The smallest absolute Gasteiger partial charge is 0.220 e. The third-order valence-electron chi connectivity index (χ3n) is 4.35. The van der Waals surface area contributed by atoms with Gasteiger partial charge < -0.3 is 20.1 Å².